The molecule has 1 unspecified atom stereocenters. The Bertz CT molecular complexity index is 572. The van der Waals surface area contributed by atoms with E-state index >= 15 is 0 Å². The van der Waals surface area contributed by atoms with Gasteiger partial charge in [0.15, 0.2) is 0 Å². The first-order valence-electron chi connectivity index (χ1n) is 7.90. The van der Waals surface area contributed by atoms with Gasteiger partial charge in [0, 0.05) is 33.7 Å². The molecule has 1 rings (SSSR count). The van der Waals surface area contributed by atoms with Crippen LogP contribution in [-0.2, 0) is 30.3 Å². The lowest BCUT2D eigenvalue weighted by Crippen LogP contribution is -2.41. The Morgan fingerprint density at radius 1 is 1.04 bits per heavy atom. The summed E-state index contributed by atoms with van der Waals surface area (Å²) in [6.07, 6.45) is 0.438. The molecule has 1 aromatic carbocycles. The van der Waals surface area contributed by atoms with Gasteiger partial charge in [-0.25, -0.2) is 4.79 Å². The predicted molar refractivity (Wildman–Crippen MR) is 93.5 cm³/mol. The van der Waals surface area contributed by atoms with Gasteiger partial charge >= 0.3 is 5.97 Å². The molecule has 138 valence electrons. The van der Waals surface area contributed by atoms with Gasteiger partial charge in [0.05, 0.1) is 7.11 Å². The van der Waals surface area contributed by atoms with Gasteiger partial charge in [-0.3, -0.25) is 19.3 Å². The molecule has 0 aliphatic rings. The van der Waals surface area contributed by atoms with E-state index in [0.717, 1.165) is 5.56 Å². The first-order chi connectivity index (χ1) is 11.7. The van der Waals surface area contributed by atoms with Crippen LogP contribution >= 0.6 is 0 Å². The number of hydrogen-bond acceptors (Lipinski definition) is 5. The van der Waals surface area contributed by atoms with Crippen LogP contribution < -0.4 is 5.32 Å². The highest BCUT2D eigenvalue weighted by Gasteiger charge is 2.20. The molecular formula is C18H26N2O5. The third kappa shape index (κ3) is 9.24. The molecule has 7 heteroatoms. The molecule has 7 nitrogen and oxygen atoms in total. The minimum atomic E-state index is -0.620. The van der Waals surface area contributed by atoms with Crippen molar-refractivity contribution in [3.63, 3.8) is 0 Å². The molecule has 0 aliphatic heterocycles. The van der Waals surface area contributed by atoms with Crippen molar-refractivity contribution in [1.82, 2.24) is 10.2 Å². The van der Waals surface area contributed by atoms with Gasteiger partial charge in [0.2, 0.25) is 17.7 Å². The lowest BCUT2D eigenvalue weighted by atomic mass is 10.1. The number of esters is 1. The van der Waals surface area contributed by atoms with Crippen molar-refractivity contribution >= 4 is 23.7 Å². The fraction of sp³-hybridized carbons (Fsp3) is 0.444. The minimum Gasteiger partial charge on any atom is -0.467 e. The van der Waals surface area contributed by atoms with E-state index < -0.39 is 12.0 Å². The summed E-state index contributed by atoms with van der Waals surface area (Å²) in [5, 5.41) is 2.57. The Labute approximate surface area is 148 Å². The van der Waals surface area contributed by atoms with Crippen LogP contribution in [-0.4, -0.2) is 48.3 Å². The van der Waals surface area contributed by atoms with E-state index in [2.05, 4.69) is 10.1 Å². The van der Waals surface area contributed by atoms with Crippen LogP contribution in [0.4, 0.5) is 0 Å². The lowest BCUT2D eigenvalue weighted by molar-refractivity contribution is -0.145. The van der Waals surface area contributed by atoms with Crippen LogP contribution in [0.15, 0.2) is 30.3 Å². The van der Waals surface area contributed by atoms with Gasteiger partial charge in [0.25, 0.3) is 0 Å². The Balaban J connectivity index is 0.000000547. The predicted octanol–water partition coefficient (Wildman–Crippen LogP) is 1.31. The van der Waals surface area contributed by atoms with E-state index in [4.69, 9.17) is 0 Å². The second-order valence-corrected chi connectivity index (χ2v) is 5.25. The van der Waals surface area contributed by atoms with Crippen molar-refractivity contribution in [3.8, 4) is 0 Å². The first kappa shape index (κ1) is 22.3. The quantitative estimate of drug-likeness (QED) is 0.808. The zero-order valence-electron chi connectivity index (χ0n) is 15.4. The molecule has 1 atom stereocenters. The van der Waals surface area contributed by atoms with Crippen molar-refractivity contribution in [2.75, 3.05) is 13.7 Å². The molecule has 0 bridgehead atoms. The minimum absolute atomic E-state index is 0.190. The fourth-order valence-electron chi connectivity index (χ4n) is 2.10. The Kier molecular flexibility index (Phi) is 10.5. The molecule has 0 aromatic heterocycles. The zero-order chi connectivity index (χ0) is 19.4. The highest BCUT2D eigenvalue weighted by atomic mass is 16.5. The molecule has 0 fully saturated rings. The van der Waals surface area contributed by atoms with E-state index in [-0.39, 0.29) is 17.7 Å². The molecular weight excluding hydrogens is 324 g/mol. The van der Waals surface area contributed by atoms with Crippen molar-refractivity contribution in [2.45, 2.75) is 40.2 Å². The topological polar surface area (TPSA) is 92.8 Å². The summed E-state index contributed by atoms with van der Waals surface area (Å²) in [6.45, 7) is 6.37. The molecule has 25 heavy (non-hydrogen) atoms. The maximum atomic E-state index is 11.4. The summed E-state index contributed by atoms with van der Waals surface area (Å²) in [5.74, 6) is -1.06. The van der Waals surface area contributed by atoms with Gasteiger partial charge in [-0.05, 0) is 12.5 Å². The van der Waals surface area contributed by atoms with Crippen LogP contribution in [0.1, 0.15) is 33.3 Å². The Hall–Kier alpha value is -2.70. The van der Waals surface area contributed by atoms with Crippen LogP contribution in [0.2, 0.25) is 0 Å². The monoisotopic (exact) mass is 350 g/mol. The third-order valence-electron chi connectivity index (χ3n) is 3.22. The van der Waals surface area contributed by atoms with Gasteiger partial charge in [-0.1, -0.05) is 30.3 Å². The van der Waals surface area contributed by atoms with Crippen molar-refractivity contribution in [1.29, 1.82) is 0 Å². The summed E-state index contributed by atoms with van der Waals surface area (Å²) in [6, 6.07) is 8.85. The van der Waals surface area contributed by atoms with Gasteiger partial charge in [-0.2, -0.15) is 0 Å². The smallest absolute Gasteiger partial charge is 0.328 e. The summed E-state index contributed by atoms with van der Waals surface area (Å²) < 4.78 is 4.63. The van der Waals surface area contributed by atoms with E-state index in [0.29, 0.717) is 13.0 Å². The first-order valence-corrected chi connectivity index (χ1v) is 7.90. The highest BCUT2D eigenvalue weighted by molar-refractivity contribution is 5.92. The number of amides is 3. The van der Waals surface area contributed by atoms with E-state index in [9.17, 15) is 19.2 Å². The van der Waals surface area contributed by atoms with Crippen LogP contribution in [0, 0.1) is 0 Å². The maximum Gasteiger partial charge on any atom is 0.328 e. The summed E-state index contributed by atoms with van der Waals surface area (Å²) in [4.78, 5) is 44.6. The third-order valence-corrected chi connectivity index (χ3v) is 3.22. The average Bonchev–Trinajstić information content (AvgIpc) is 2.54. The molecule has 0 heterocycles. The van der Waals surface area contributed by atoms with Gasteiger partial charge in [0.1, 0.15) is 6.04 Å². The standard InChI is InChI=1S/C12H15NO3.C6H11NO2/c1-9(14)13-11(12(15)16-2)8-10-6-4-3-5-7-10;1-4-7(5(2)8)6(3)9/h3-7,11H,8H2,1-2H3,(H,13,14);4H2,1-3H3. The molecule has 0 aliphatic carbocycles. The number of ether oxygens (including phenoxy) is 1. The number of benzene rings is 1. The molecule has 0 saturated carbocycles. The van der Waals surface area contributed by atoms with Crippen LogP contribution in [0.25, 0.3) is 0 Å². The molecule has 1 N–H and O–H groups in total. The second kappa shape index (κ2) is 11.8. The number of nitrogens with zero attached hydrogens (tertiary/aromatic N) is 1. The van der Waals surface area contributed by atoms with Gasteiger partial charge < -0.3 is 10.1 Å². The molecule has 0 radical (unpaired) electrons. The Morgan fingerprint density at radius 2 is 1.56 bits per heavy atom. The maximum absolute atomic E-state index is 11.4. The highest BCUT2D eigenvalue weighted by Crippen LogP contribution is 2.04. The summed E-state index contributed by atoms with van der Waals surface area (Å²) >= 11 is 0. The Morgan fingerprint density at radius 3 is 1.88 bits per heavy atom. The number of methoxy groups -OCH3 is 1. The van der Waals surface area contributed by atoms with E-state index in [1.54, 1.807) is 6.92 Å². The van der Waals surface area contributed by atoms with E-state index in [1.807, 2.05) is 30.3 Å². The number of rotatable bonds is 5. The van der Waals surface area contributed by atoms with Crippen molar-refractivity contribution < 1.29 is 23.9 Å². The molecule has 1 aromatic rings. The normalized spacial score (nSPS) is 10.6. The number of carbonyl (C=O) groups excluding carboxylic acids is 4. The SMILES string of the molecule is CCN(C(C)=O)C(C)=O.COC(=O)C(Cc1ccccc1)NC(C)=O. The number of imide groups is 1. The number of nitrogens with one attached hydrogen (secondary N) is 1. The number of hydrogen-bond donors (Lipinski definition) is 1. The van der Waals surface area contributed by atoms with E-state index in [1.165, 1.54) is 32.8 Å². The van der Waals surface area contributed by atoms with Crippen molar-refractivity contribution in [3.05, 3.63) is 35.9 Å². The number of carbonyl (C=O) groups is 4. The van der Waals surface area contributed by atoms with Crippen molar-refractivity contribution in [2.24, 2.45) is 0 Å². The summed E-state index contributed by atoms with van der Waals surface area (Å²) in [5.41, 5.74) is 0.978. The average molecular weight is 350 g/mol. The van der Waals surface area contributed by atoms with Crippen LogP contribution in [0.5, 0.6) is 0 Å². The van der Waals surface area contributed by atoms with Gasteiger partial charge in [-0.15, -0.1) is 0 Å². The molecule has 0 saturated heterocycles. The second-order valence-electron chi connectivity index (χ2n) is 5.25. The molecule has 3 amide bonds. The summed E-state index contributed by atoms with van der Waals surface area (Å²) in [7, 11) is 1.31. The fourth-order valence-corrected chi connectivity index (χ4v) is 2.10. The zero-order valence-corrected chi connectivity index (χ0v) is 15.4. The van der Waals surface area contributed by atoms with Crippen LogP contribution in [0.3, 0.4) is 0 Å². The molecule has 0 spiro atoms. The lowest BCUT2D eigenvalue weighted by Gasteiger charge is -2.15. The largest absolute Gasteiger partial charge is 0.467 e.